The normalized spacial score (nSPS) is 10.9. The second kappa shape index (κ2) is 4.90. The highest BCUT2D eigenvalue weighted by Gasteiger charge is 2.10. The van der Waals surface area contributed by atoms with E-state index in [0.29, 0.717) is 6.54 Å². The van der Waals surface area contributed by atoms with Crippen LogP contribution in [0.5, 0.6) is 0 Å². The van der Waals surface area contributed by atoms with E-state index >= 15 is 0 Å². The molecule has 2 N–H and O–H groups in total. The van der Waals surface area contributed by atoms with E-state index in [2.05, 4.69) is 43.0 Å². The quantitative estimate of drug-likeness (QED) is 0.895. The van der Waals surface area contributed by atoms with Gasteiger partial charge in [-0.1, -0.05) is 17.7 Å². The largest absolute Gasteiger partial charge is 0.324 e. The van der Waals surface area contributed by atoms with Gasteiger partial charge in [0, 0.05) is 13.5 Å². The van der Waals surface area contributed by atoms with Crippen LogP contribution in [0.25, 0.3) is 0 Å². The van der Waals surface area contributed by atoms with Crippen molar-refractivity contribution in [2.24, 2.45) is 12.8 Å². The minimum atomic E-state index is 0.426. The van der Waals surface area contributed by atoms with Gasteiger partial charge in [-0.2, -0.15) is 5.10 Å². The lowest BCUT2D eigenvalue weighted by atomic mass is 9.97. The van der Waals surface area contributed by atoms with Crippen LogP contribution in [0.1, 0.15) is 33.9 Å². The number of nitrogens with two attached hydrogens (primary N) is 1. The van der Waals surface area contributed by atoms with Crippen molar-refractivity contribution >= 4 is 0 Å². The fraction of sp³-hybridized carbons (Fsp3) is 0.429. The summed E-state index contributed by atoms with van der Waals surface area (Å²) in [4.78, 5) is 4.46. The Balaban J connectivity index is 2.33. The van der Waals surface area contributed by atoms with Gasteiger partial charge in [-0.3, -0.25) is 4.68 Å². The number of hydrogen-bond acceptors (Lipinski definition) is 3. The Bertz CT molecular complexity index is 546. The lowest BCUT2D eigenvalue weighted by Gasteiger charge is -2.09. The zero-order chi connectivity index (χ0) is 13.3. The average Bonchev–Trinajstić information content (AvgIpc) is 2.64. The summed E-state index contributed by atoms with van der Waals surface area (Å²) < 4.78 is 1.76. The van der Waals surface area contributed by atoms with Gasteiger partial charge in [-0.25, -0.2) is 4.98 Å². The summed E-state index contributed by atoms with van der Waals surface area (Å²) in [5.41, 5.74) is 10.8. The molecule has 1 aromatic heterocycles. The van der Waals surface area contributed by atoms with E-state index in [1.807, 2.05) is 7.05 Å². The average molecular weight is 244 g/mol. The van der Waals surface area contributed by atoms with E-state index in [4.69, 9.17) is 5.73 Å². The van der Waals surface area contributed by atoms with E-state index in [-0.39, 0.29) is 0 Å². The van der Waals surface area contributed by atoms with Crippen molar-refractivity contribution in [3.63, 3.8) is 0 Å². The Kier molecular flexibility index (Phi) is 3.48. The Hall–Kier alpha value is -1.68. The number of benzene rings is 1. The van der Waals surface area contributed by atoms with Gasteiger partial charge < -0.3 is 5.73 Å². The SMILES string of the molecule is Cc1cc(C)c(Cc2nc(CN)n(C)n2)c(C)c1. The van der Waals surface area contributed by atoms with Gasteiger partial charge in [0.25, 0.3) is 0 Å². The maximum absolute atomic E-state index is 5.61. The lowest BCUT2D eigenvalue weighted by Crippen LogP contribution is -2.05. The van der Waals surface area contributed by atoms with Crippen molar-refractivity contribution in [3.05, 3.63) is 46.0 Å². The molecule has 0 fully saturated rings. The van der Waals surface area contributed by atoms with E-state index in [1.165, 1.54) is 22.3 Å². The maximum Gasteiger partial charge on any atom is 0.155 e. The highest BCUT2D eigenvalue weighted by atomic mass is 15.3. The van der Waals surface area contributed by atoms with Crippen LogP contribution in [-0.4, -0.2) is 14.8 Å². The highest BCUT2D eigenvalue weighted by Crippen LogP contribution is 2.18. The molecule has 1 aromatic carbocycles. The van der Waals surface area contributed by atoms with Crippen molar-refractivity contribution in [3.8, 4) is 0 Å². The maximum atomic E-state index is 5.61. The molecule has 4 heteroatoms. The molecule has 0 radical (unpaired) electrons. The van der Waals surface area contributed by atoms with E-state index in [0.717, 1.165) is 18.1 Å². The van der Waals surface area contributed by atoms with Gasteiger partial charge >= 0.3 is 0 Å². The summed E-state index contributed by atoms with van der Waals surface area (Å²) in [5.74, 6) is 1.67. The van der Waals surface area contributed by atoms with Crippen LogP contribution in [0.2, 0.25) is 0 Å². The van der Waals surface area contributed by atoms with Crippen LogP contribution in [0, 0.1) is 20.8 Å². The summed E-state index contributed by atoms with van der Waals surface area (Å²) in [6.07, 6.45) is 0.770. The van der Waals surface area contributed by atoms with Crippen LogP contribution < -0.4 is 5.73 Å². The molecule has 0 unspecified atom stereocenters. The molecule has 18 heavy (non-hydrogen) atoms. The molecule has 0 bridgehead atoms. The molecule has 2 rings (SSSR count). The summed E-state index contributed by atoms with van der Waals surface area (Å²) in [6.45, 7) is 6.83. The van der Waals surface area contributed by atoms with Crippen LogP contribution in [0.4, 0.5) is 0 Å². The summed E-state index contributed by atoms with van der Waals surface area (Å²) in [7, 11) is 1.88. The molecule has 0 saturated heterocycles. The zero-order valence-corrected chi connectivity index (χ0v) is 11.5. The van der Waals surface area contributed by atoms with Crippen molar-refractivity contribution in [2.75, 3.05) is 0 Å². The standard InChI is InChI=1S/C14H20N4/c1-9-5-10(2)12(11(3)6-9)7-13-16-14(8-15)18(4)17-13/h5-6H,7-8,15H2,1-4H3. The Morgan fingerprint density at radius 2 is 1.78 bits per heavy atom. The third-order valence-electron chi connectivity index (χ3n) is 3.25. The predicted octanol–water partition coefficient (Wildman–Crippen LogP) is 1.79. The zero-order valence-electron chi connectivity index (χ0n) is 11.5. The molecule has 0 atom stereocenters. The van der Waals surface area contributed by atoms with Crippen molar-refractivity contribution in [2.45, 2.75) is 33.7 Å². The molecule has 1 heterocycles. The molecule has 4 nitrogen and oxygen atoms in total. The van der Waals surface area contributed by atoms with Gasteiger partial charge in [0.05, 0.1) is 6.54 Å². The van der Waals surface area contributed by atoms with E-state index in [1.54, 1.807) is 4.68 Å². The minimum absolute atomic E-state index is 0.426. The van der Waals surface area contributed by atoms with E-state index in [9.17, 15) is 0 Å². The fourth-order valence-corrected chi connectivity index (χ4v) is 2.37. The Morgan fingerprint density at radius 1 is 1.17 bits per heavy atom. The monoisotopic (exact) mass is 244 g/mol. The number of rotatable bonds is 3. The molecule has 96 valence electrons. The molecule has 0 spiro atoms. The highest BCUT2D eigenvalue weighted by molar-refractivity contribution is 5.39. The topological polar surface area (TPSA) is 56.7 Å². The Morgan fingerprint density at radius 3 is 2.28 bits per heavy atom. The van der Waals surface area contributed by atoms with Gasteiger partial charge in [0.2, 0.25) is 0 Å². The number of aryl methyl sites for hydroxylation is 4. The molecular formula is C14H20N4. The van der Waals surface area contributed by atoms with E-state index < -0.39 is 0 Å². The fourth-order valence-electron chi connectivity index (χ4n) is 2.37. The van der Waals surface area contributed by atoms with Gasteiger partial charge in [0.15, 0.2) is 5.82 Å². The molecule has 0 aliphatic rings. The smallest absolute Gasteiger partial charge is 0.155 e. The van der Waals surface area contributed by atoms with Crippen molar-refractivity contribution in [1.29, 1.82) is 0 Å². The molecule has 2 aromatic rings. The molecule has 0 aliphatic heterocycles. The van der Waals surface area contributed by atoms with Gasteiger partial charge in [0.1, 0.15) is 5.82 Å². The third kappa shape index (κ3) is 2.43. The third-order valence-corrected chi connectivity index (χ3v) is 3.25. The predicted molar refractivity (Wildman–Crippen MR) is 72.4 cm³/mol. The second-order valence-corrected chi connectivity index (χ2v) is 4.83. The summed E-state index contributed by atoms with van der Waals surface area (Å²) >= 11 is 0. The Labute approximate surface area is 108 Å². The number of aromatic nitrogens is 3. The van der Waals surface area contributed by atoms with Crippen molar-refractivity contribution < 1.29 is 0 Å². The molecule has 0 amide bonds. The van der Waals surface area contributed by atoms with Gasteiger partial charge in [-0.15, -0.1) is 0 Å². The van der Waals surface area contributed by atoms with Crippen LogP contribution in [0.15, 0.2) is 12.1 Å². The second-order valence-electron chi connectivity index (χ2n) is 4.83. The molecular weight excluding hydrogens is 224 g/mol. The number of nitrogens with zero attached hydrogens (tertiary/aromatic N) is 3. The first-order chi connectivity index (χ1) is 8.51. The first kappa shape index (κ1) is 12.8. The first-order valence-corrected chi connectivity index (χ1v) is 6.17. The lowest BCUT2D eigenvalue weighted by molar-refractivity contribution is 0.696. The van der Waals surface area contributed by atoms with Crippen LogP contribution >= 0.6 is 0 Å². The first-order valence-electron chi connectivity index (χ1n) is 6.17. The number of hydrogen-bond donors (Lipinski definition) is 1. The van der Waals surface area contributed by atoms with Crippen LogP contribution in [0.3, 0.4) is 0 Å². The summed E-state index contributed by atoms with van der Waals surface area (Å²) in [6, 6.07) is 4.41. The molecule has 0 saturated carbocycles. The minimum Gasteiger partial charge on any atom is -0.324 e. The van der Waals surface area contributed by atoms with Crippen LogP contribution in [-0.2, 0) is 20.0 Å². The van der Waals surface area contributed by atoms with Crippen molar-refractivity contribution in [1.82, 2.24) is 14.8 Å². The summed E-state index contributed by atoms with van der Waals surface area (Å²) in [5, 5.41) is 4.41. The van der Waals surface area contributed by atoms with Gasteiger partial charge in [-0.05, 0) is 37.5 Å². The molecule has 0 aliphatic carbocycles.